The summed E-state index contributed by atoms with van der Waals surface area (Å²) in [6, 6.07) is 0. The molecule has 112 valence electrons. The Labute approximate surface area is 119 Å². The quantitative estimate of drug-likeness (QED) is 0.663. The Bertz CT molecular complexity index is 484. The van der Waals surface area contributed by atoms with Gasteiger partial charge in [-0.3, -0.25) is 10.1 Å². The van der Waals surface area contributed by atoms with Crippen molar-refractivity contribution in [1.29, 1.82) is 0 Å². The van der Waals surface area contributed by atoms with Crippen LogP contribution in [0.25, 0.3) is 0 Å². The summed E-state index contributed by atoms with van der Waals surface area (Å²) >= 11 is 0. The van der Waals surface area contributed by atoms with Gasteiger partial charge in [-0.25, -0.2) is 4.68 Å². The first-order chi connectivity index (χ1) is 9.49. The van der Waals surface area contributed by atoms with E-state index in [1.165, 1.54) is 25.7 Å². The summed E-state index contributed by atoms with van der Waals surface area (Å²) in [5.41, 5.74) is 0.566. The van der Waals surface area contributed by atoms with Gasteiger partial charge >= 0.3 is 5.69 Å². The van der Waals surface area contributed by atoms with Gasteiger partial charge in [0, 0.05) is 13.6 Å². The standard InChI is InChI=1S/C14H24N4O2/c1-10-5-4-6-12(9-10)7-8-15-14-13(18(19)20)11(2)16-17(14)3/h10,12,15H,4-9H2,1-3H3. The molecule has 20 heavy (non-hydrogen) atoms. The maximum absolute atomic E-state index is 11.1. The molecule has 0 bridgehead atoms. The Hall–Kier alpha value is -1.59. The van der Waals surface area contributed by atoms with Gasteiger partial charge < -0.3 is 5.32 Å². The number of aromatic nitrogens is 2. The van der Waals surface area contributed by atoms with Crippen molar-refractivity contribution in [3.8, 4) is 0 Å². The van der Waals surface area contributed by atoms with Gasteiger partial charge in [0.2, 0.25) is 5.82 Å². The number of hydrogen-bond donors (Lipinski definition) is 1. The first-order valence-corrected chi connectivity index (χ1v) is 7.41. The second-order valence-corrected chi connectivity index (χ2v) is 6.02. The third-order valence-electron chi connectivity index (χ3n) is 4.26. The molecule has 1 aromatic heterocycles. The van der Waals surface area contributed by atoms with Crippen molar-refractivity contribution in [3.05, 3.63) is 15.8 Å². The summed E-state index contributed by atoms with van der Waals surface area (Å²) < 4.78 is 1.57. The highest BCUT2D eigenvalue weighted by molar-refractivity contribution is 5.59. The minimum atomic E-state index is -0.354. The Kier molecular flexibility index (Phi) is 4.62. The molecule has 1 heterocycles. The van der Waals surface area contributed by atoms with Crippen LogP contribution in [0.3, 0.4) is 0 Å². The summed E-state index contributed by atoms with van der Waals surface area (Å²) in [6.07, 6.45) is 6.31. The zero-order chi connectivity index (χ0) is 14.7. The van der Waals surface area contributed by atoms with E-state index in [2.05, 4.69) is 17.3 Å². The summed E-state index contributed by atoms with van der Waals surface area (Å²) in [5, 5.41) is 18.4. The minimum absolute atomic E-state index is 0.101. The maximum atomic E-state index is 11.1. The van der Waals surface area contributed by atoms with E-state index >= 15 is 0 Å². The van der Waals surface area contributed by atoms with Gasteiger partial charge in [0.05, 0.1) is 4.92 Å². The van der Waals surface area contributed by atoms with Crippen LogP contribution in [0.2, 0.25) is 0 Å². The molecule has 0 saturated heterocycles. The fraction of sp³-hybridized carbons (Fsp3) is 0.786. The third-order valence-corrected chi connectivity index (χ3v) is 4.26. The number of hydrogen-bond acceptors (Lipinski definition) is 4. The van der Waals surface area contributed by atoms with Crippen molar-refractivity contribution in [2.24, 2.45) is 18.9 Å². The van der Waals surface area contributed by atoms with E-state index in [9.17, 15) is 10.1 Å². The lowest BCUT2D eigenvalue weighted by molar-refractivity contribution is -0.384. The predicted octanol–water partition coefficient (Wildman–Crippen LogP) is 3.27. The van der Waals surface area contributed by atoms with Crippen LogP contribution in [0.4, 0.5) is 11.5 Å². The molecule has 0 amide bonds. The van der Waals surface area contributed by atoms with Gasteiger partial charge in [0.25, 0.3) is 0 Å². The topological polar surface area (TPSA) is 73.0 Å². The van der Waals surface area contributed by atoms with Crippen LogP contribution in [-0.2, 0) is 7.05 Å². The number of anilines is 1. The van der Waals surface area contributed by atoms with E-state index in [1.807, 2.05) is 0 Å². The predicted molar refractivity (Wildman–Crippen MR) is 78.8 cm³/mol. The van der Waals surface area contributed by atoms with Crippen LogP contribution < -0.4 is 5.32 Å². The molecule has 1 aliphatic carbocycles. The highest BCUT2D eigenvalue weighted by Gasteiger charge is 2.24. The van der Waals surface area contributed by atoms with Gasteiger partial charge in [0.1, 0.15) is 5.69 Å². The van der Waals surface area contributed by atoms with Crippen molar-refractivity contribution < 1.29 is 4.92 Å². The normalized spacial score (nSPS) is 22.8. The second-order valence-electron chi connectivity index (χ2n) is 6.02. The van der Waals surface area contributed by atoms with Crippen molar-refractivity contribution in [1.82, 2.24) is 9.78 Å². The number of rotatable bonds is 5. The van der Waals surface area contributed by atoms with Crippen molar-refractivity contribution in [3.63, 3.8) is 0 Å². The molecule has 0 radical (unpaired) electrons. The average molecular weight is 280 g/mol. The van der Waals surface area contributed by atoms with Crippen LogP contribution in [0.5, 0.6) is 0 Å². The molecule has 1 N–H and O–H groups in total. The van der Waals surface area contributed by atoms with Crippen molar-refractivity contribution in [2.75, 3.05) is 11.9 Å². The molecule has 0 aromatic carbocycles. The van der Waals surface area contributed by atoms with Gasteiger partial charge in [-0.15, -0.1) is 0 Å². The van der Waals surface area contributed by atoms with Gasteiger partial charge in [-0.2, -0.15) is 5.10 Å². The van der Waals surface area contributed by atoms with E-state index in [-0.39, 0.29) is 10.6 Å². The first kappa shape index (κ1) is 14.8. The minimum Gasteiger partial charge on any atom is -0.365 e. The molecule has 2 unspecified atom stereocenters. The summed E-state index contributed by atoms with van der Waals surface area (Å²) in [4.78, 5) is 10.7. The summed E-state index contributed by atoms with van der Waals surface area (Å²) in [6.45, 7) is 4.76. The van der Waals surface area contributed by atoms with E-state index < -0.39 is 0 Å². The number of nitrogens with one attached hydrogen (secondary N) is 1. The lowest BCUT2D eigenvalue weighted by atomic mass is 9.81. The van der Waals surface area contributed by atoms with E-state index in [0.717, 1.165) is 24.8 Å². The Balaban J connectivity index is 1.92. The van der Waals surface area contributed by atoms with E-state index in [4.69, 9.17) is 0 Å². The molecule has 6 heteroatoms. The Morgan fingerprint density at radius 3 is 2.90 bits per heavy atom. The molecule has 0 aliphatic heterocycles. The van der Waals surface area contributed by atoms with Crippen LogP contribution in [0.1, 0.15) is 44.7 Å². The van der Waals surface area contributed by atoms with Crippen LogP contribution >= 0.6 is 0 Å². The van der Waals surface area contributed by atoms with E-state index in [1.54, 1.807) is 18.7 Å². The highest BCUT2D eigenvalue weighted by Crippen LogP contribution is 2.31. The molecule has 2 rings (SSSR count). The molecule has 6 nitrogen and oxygen atoms in total. The van der Waals surface area contributed by atoms with Crippen LogP contribution in [0.15, 0.2) is 0 Å². The Morgan fingerprint density at radius 1 is 1.50 bits per heavy atom. The third kappa shape index (κ3) is 3.29. The first-order valence-electron chi connectivity index (χ1n) is 7.41. The fourth-order valence-corrected chi connectivity index (χ4v) is 3.28. The summed E-state index contributed by atoms with van der Waals surface area (Å²) in [5.74, 6) is 2.10. The fourth-order valence-electron chi connectivity index (χ4n) is 3.28. The lowest BCUT2D eigenvalue weighted by Gasteiger charge is -2.26. The van der Waals surface area contributed by atoms with Crippen molar-refractivity contribution in [2.45, 2.75) is 46.0 Å². The SMILES string of the molecule is Cc1nn(C)c(NCCC2CCCC(C)C2)c1[N+](=O)[O-]. The second kappa shape index (κ2) is 6.24. The number of nitrogens with zero attached hydrogens (tertiary/aromatic N) is 3. The lowest BCUT2D eigenvalue weighted by Crippen LogP contribution is -2.17. The average Bonchev–Trinajstić information content (AvgIpc) is 2.64. The zero-order valence-corrected chi connectivity index (χ0v) is 12.6. The number of nitro groups is 1. The molecule has 2 atom stereocenters. The van der Waals surface area contributed by atoms with Gasteiger partial charge in [0.15, 0.2) is 0 Å². The largest absolute Gasteiger partial charge is 0.365 e. The van der Waals surface area contributed by atoms with Gasteiger partial charge in [-0.1, -0.05) is 26.2 Å². The molecule has 1 fully saturated rings. The molecule has 1 aliphatic rings. The summed E-state index contributed by atoms with van der Waals surface area (Å²) in [7, 11) is 1.74. The van der Waals surface area contributed by atoms with Crippen LogP contribution in [-0.4, -0.2) is 21.2 Å². The van der Waals surface area contributed by atoms with E-state index in [0.29, 0.717) is 11.5 Å². The van der Waals surface area contributed by atoms with Gasteiger partial charge in [-0.05, 0) is 31.6 Å². The number of aryl methyl sites for hydroxylation is 2. The maximum Gasteiger partial charge on any atom is 0.333 e. The molecular weight excluding hydrogens is 256 g/mol. The molecule has 1 aromatic rings. The highest BCUT2D eigenvalue weighted by atomic mass is 16.6. The molecule has 0 spiro atoms. The van der Waals surface area contributed by atoms with Crippen molar-refractivity contribution >= 4 is 11.5 Å². The molecular formula is C14H24N4O2. The molecule has 1 saturated carbocycles. The Morgan fingerprint density at radius 2 is 2.25 bits per heavy atom. The smallest absolute Gasteiger partial charge is 0.333 e. The monoisotopic (exact) mass is 280 g/mol. The zero-order valence-electron chi connectivity index (χ0n) is 12.6. The van der Waals surface area contributed by atoms with Crippen LogP contribution in [0, 0.1) is 28.9 Å².